The Morgan fingerprint density at radius 3 is 2.57 bits per heavy atom. The maximum atomic E-state index is 12.2. The maximum absolute atomic E-state index is 12.2. The van der Waals surface area contributed by atoms with Gasteiger partial charge in [-0.25, -0.2) is 0 Å². The number of hydrogen-bond acceptors (Lipinski definition) is 3. The SMILES string of the molecule is Cc1cc(C(=O)NC[C@H](Cc2ccccc2C)C(=O)O)n(C)n1. The van der Waals surface area contributed by atoms with E-state index in [1.807, 2.05) is 31.2 Å². The molecule has 1 aromatic heterocycles. The molecular formula is C17H21N3O3. The molecule has 0 unspecified atom stereocenters. The third-order valence-electron chi connectivity index (χ3n) is 3.82. The lowest BCUT2D eigenvalue weighted by Crippen LogP contribution is -2.35. The minimum Gasteiger partial charge on any atom is -0.481 e. The Morgan fingerprint density at radius 1 is 1.30 bits per heavy atom. The van der Waals surface area contributed by atoms with Crippen LogP contribution in [0.1, 0.15) is 27.3 Å². The van der Waals surface area contributed by atoms with Gasteiger partial charge in [0.05, 0.1) is 11.6 Å². The molecule has 0 aliphatic heterocycles. The number of carbonyl (C=O) groups is 2. The fourth-order valence-electron chi connectivity index (χ4n) is 2.48. The number of carboxylic acid groups (broad SMARTS) is 1. The summed E-state index contributed by atoms with van der Waals surface area (Å²) in [5.41, 5.74) is 3.19. The number of amides is 1. The van der Waals surface area contributed by atoms with Crippen molar-refractivity contribution in [3.8, 4) is 0 Å². The van der Waals surface area contributed by atoms with Crippen molar-refractivity contribution in [2.24, 2.45) is 13.0 Å². The normalized spacial score (nSPS) is 12.0. The van der Waals surface area contributed by atoms with E-state index in [2.05, 4.69) is 10.4 Å². The first-order valence-corrected chi connectivity index (χ1v) is 7.44. The van der Waals surface area contributed by atoms with Crippen LogP contribution in [-0.2, 0) is 18.3 Å². The van der Waals surface area contributed by atoms with Gasteiger partial charge in [0.2, 0.25) is 0 Å². The number of nitrogens with one attached hydrogen (secondary N) is 1. The minimum absolute atomic E-state index is 0.0761. The van der Waals surface area contributed by atoms with Crippen LogP contribution in [0, 0.1) is 19.8 Å². The van der Waals surface area contributed by atoms with Gasteiger partial charge in [-0.2, -0.15) is 5.10 Å². The highest BCUT2D eigenvalue weighted by molar-refractivity contribution is 5.92. The molecule has 0 saturated carbocycles. The monoisotopic (exact) mass is 315 g/mol. The molecule has 0 aliphatic carbocycles. The first kappa shape index (κ1) is 16.7. The van der Waals surface area contributed by atoms with Crippen LogP contribution in [0.25, 0.3) is 0 Å². The van der Waals surface area contributed by atoms with Crippen LogP contribution in [0.4, 0.5) is 0 Å². The van der Waals surface area contributed by atoms with Crippen LogP contribution in [0.15, 0.2) is 30.3 Å². The summed E-state index contributed by atoms with van der Waals surface area (Å²) in [7, 11) is 1.68. The van der Waals surface area contributed by atoms with Crippen LogP contribution < -0.4 is 5.32 Å². The van der Waals surface area contributed by atoms with Gasteiger partial charge < -0.3 is 10.4 Å². The highest BCUT2D eigenvalue weighted by Crippen LogP contribution is 2.13. The van der Waals surface area contributed by atoms with E-state index in [1.54, 1.807) is 20.0 Å². The molecule has 122 valence electrons. The summed E-state index contributed by atoms with van der Waals surface area (Å²) in [4.78, 5) is 23.6. The highest BCUT2D eigenvalue weighted by Gasteiger charge is 2.21. The molecule has 1 aromatic carbocycles. The van der Waals surface area contributed by atoms with E-state index >= 15 is 0 Å². The topological polar surface area (TPSA) is 84.2 Å². The van der Waals surface area contributed by atoms with E-state index in [9.17, 15) is 14.7 Å². The summed E-state index contributed by atoms with van der Waals surface area (Å²) in [5, 5.41) is 16.2. The third kappa shape index (κ3) is 4.18. The number of hydrogen-bond donors (Lipinski definition) is 2. The summed E-state index contributed by atoms with van der Waals surface area (Å²) in [6, 6.07) is 9.34. The molecule has 0 saturated heterocycles. The lowest BCUT2D eigenvalue weighted by atomic mass is 9.96. The number of nitrogens with zero attached hydrogens (tertiary/aromatic N) is 2. The average molecular weight is 315 g/mol. The van der Waals surface area contributed by atoms with E-state index in [0.717, 1.165) is 16.8 Å². The lowest BCUT2D eigenvalue weighted by Gasteiger charge is -2.15. The molecule has 2 aromatic rings. The molecule has 23 heavy (non-hydrogen) atoms. The Kier molecular flexibility index (Phi) is 5.16. The van der Waals surface area contributed by atoms with Crippen LogP contribution >= 0.6 is 0 Å². The first-order chi connectivity index (χ1) is 10.9. The molecule has 1 atom stereocenters. The predicted molar refractivity (Wildman–Crippen MR) is 86.3 cm³/mol. The molecule has 6 heteroatoms. The molecule has 2 N–H and O–H groups in total. The van der Waals surface area contributed by atoms with Gasteiger partial charge in [-0.15, -0.1) is 0 Å². The lowest BCUT2D eigenvalue weighted by molar-refractivity contribution is -0.141. The van der Waals surface area contributed by atoms with Crippen molar-refractivity contribution >= 4 is 11.9 Å². The van der Waals surface area contributed by atoms with Crippen molar-refractivity contribution in [1.29, 1.82) is 0 Å². The van der Waals surface area contributed by atoms with Crippen molar-refractivity contribution in [2.45, 2.75) is 20.3 Å². The zero-order valence-electron chi connectivity index (χ0n) is 13.5. The molecule has 1 amide bonds. The number of aromatic nitrogens is 2. The molecule has 0 fully saturated rings. The molecule has 1 heterocycles. The van der Waals surface area contributed by atoms with Gasteiger partial charge in [-0.05, 0) is 37.5 Å². The standard InChI is InChI=1S/C17H21N3O3/c1-11-6-4-5-7-13(11)9-14(17(22)23)10-18-16(21)15-8-12(2)19-20(15)3/h4-8,14H,9-10H2,1-3H3,(H,18,21)(H,22,23)/t14-/m0/s1. The smallest absolute Gasteiger partial charge is 0.308 e. The third-order valence-corrected chi connectivity index (χ3v) is 3.82. The number of rotatable bonds is 6. The van der Waals surface area contributed by atoms with E-state index in [0.29, 0.717) is 12.1 Å². The van der Waals surface area contributed by atoms with E-state index in [1.165, 1.54) is 4.68 Å². The van der Waals surface area contributed by atoms with Crippen LogP contribution in [0.5, 0.6) is 0 Å². The van der Waals surface area contributed by atoms with Crippen LogP contribution in [0.2, 0.25) is 0 Å². The summed E-state index contributed by atoms with van der Waals surface area (Å²) in [5.74, 6) is -1.91. The van der Waals surface area contributed by atoms with Gasteiger partial charge in [0.1, 0.15) is 5.69 Å². The summed E-state index contributed by atoms with van der Waals surface area (Å²) >= 11 is 0. The zero-order valence-corrected chi connectivity index (χ0v) is 13.5. The average Bonchev–Trinajstić information content (AvgIpc) is 2.83. The van der Waals surface area contributed by atoms with E-state index < -0.39 is 11.9 Å². The van der Waals surface area contributed by atoms with Crippen LogP contribution in [0.3, 0.4) is 0 Å². The largest absolute Gasteiger partial charge is 0.481 e. The molecule has 0 bridgehead atoms. The predicted octanol–water partition coefficient (Wildman–Crippen LogP) is 1.71. The molecule has 6 nitrogen and oxygen atoms in total. The van der Waals surface area contributed by atoms with Gasteiger partial charge >= 0.3 is 5.97 Å². The number of aryl methyl sites for hydroxylation is 3. The Hall–Kier alpha value is -2.63. The summed E-state index contributed by atoms with van der Waals surface area (Å²) in [6.45, 7) is 3.83. The van der Waals surface area contributed by atoms with Crippen molar-refractivity contribution in [2.75, 3.05) is 6.54 Å². The minimum atomic E-state index is -0.922. The fraction of sp³-hybridized carbons (Fsp3) is 0.353. The second-order valence-corrected chi connectivity index (χ2v) is 5.67. The fourth-order valence-corrected chi connectivity index (χ4v) is 2.48. The van der Waals surface area contributed by atoms with Gasteiger partial charge in [-0.1, -0.05) is 24.3 Å². The Morgan fingerprint density at radius 2 is 2.00 bits per heavy atom. The summed E-state index contributed by atoms with van der Waals surface area (Å²) < 4.78 is 1.49. The second kappa shape index (κ2) is 7.09. The summed E-state index contributed by atoms with van der Waals surface area (Å²) in [6.07, 6.45) is 0.382. The van der Waals surface area contributed by atoms with Gasteiger partial charge in [0.25, 0.3) is 5.91 Å². The molecular weight excluding hydrogens is 294 g/mol. The second-order valence-electron chi connectivity index (χ2n) is 5.67. The zero-order chi connectivity index (χ0) is 17.0. The molecule has 0 aliphatic rings. The molecule has 0 spiro atoms. The van der Waals surface area contributed by atoms with Crippen molar-refractivity contribution < 1.29 is 14.7 Å². The number of benzene rings is 1. The number of carbonyl (C=O) groups excluding carboxylic acids is 1. The molecule has 0 radical (unpaired) electrons. The highest BCUT2D eigenvalue weighted by atomic mass is 16.4. The van der Waals surface area contributed by atoms with Gasteiger partial charge in [0.15, 0.2) is 0 Å². The Balaban J connectivity index is 2.03. The van der Waals surface area contributed by atoms with Crippen molar-refractivity contribution in [1.82, 2.24) is 15.1 Å². The van der Waals surface area contributed by atoms with Crippen molar-refractivity contribution in [3.63, 3.8) is 0 Å². The quantitative estimate of drug-likeness (QED) is 0.850. The Bertz CT molecular complexity index is 722. The van der Waals surface area contributed by atoms with Gasteiger partial charge in [0, 0.05) is 13.6 Å². The van der Waals surface area contributed by atoms with Gasteiger partial charge in [-0.3, -0.25) is 14.3 Å². The van der Waals surface area contributed by atoms with Crippen molar-refractivity contribution in [3.05, 3.63) is 52.8 Å². The van der Waals surface area contributed by atoms with E-state index in [-0.39, 0.29) is 12.5 Å². The Labute approximate surface area is 135 Å². The maximum Gasteiger partial charge on any atom is 0.308 e. The first-order valence-electron chi connectivity index (χ1n) is 7.44. The van der Waals surface area contributed by atoms with Crippen LogP contribution in [-0.4, -0.2) is 33.3 Å². The molecule has 2 rings (SSSR count). The van der Waals surface area contributed by atoms with E-state index in [4.69, 9.17) is 0 Å². The number of carboxylic acids is 1. The number of aliphatic carboxylic acids is 1.